The van der Waals surface area contributed by atoms with Gasteiger partial charge >= 0.3 is 0 Å². The van der Waals surface area contributed by atoms with Gasteiger partial charge in [-0.2, -0.15) is 0 Å². The van der Waals surface area contributed by atoms with Crippen LogP contribution >= 0.6 is 0 Å². The first kappa shape index (κ1) is 12.5. The molecule has 2 rings (SSSR count). The number of rotatable bonds is 3. The molecule has 1 aromatic heterocycles. The molecule has 1 fully saturated rings. The van der Waals surface area contributed by atoms with Gasteiger partial charge in [-0.3, -0.25) is 9.88 Å². The number of nitrogens with one attached hydrogen (secondary N) is 1. The van der Waals surface area contributed by atoms with Gasteiger partial charge in [-0.05, 0) is 45.5 Å². The fraction of sp³-hybridized carbons (Fsp3) is 0.643. The molecule has 0 aromatic carbocycles. The summed E-state index contributed by atoms with van der Waals surface area (Å²) in [5.41, 5.74) is 2.28. The van der Waals surface area contributed by atoms with Crippen LogP contribution < -0.4 is 5.32 Å². The summed E-state index contributed by atoms with van der Waals surface area (Å²) >= 11 is 0. The van der Waals surface area contributed by atoms with Crippen LogP contribution in [0.5, 0.6) is 0 Å². The van der Waals surface area contributed by atoms with Gasteiger partial charge < -0.3 is 5.32 Å². The van der Waals surface area contributed by atoms with Gasteiger partial charge in [0.2, 0.25) is 0 Å². The third kappa shape index (κ3) is 3.79. The number of hydrogen-bond donors (Lipinski definition) is 1. The van der Waals surface area contributed by atoms with Crippen LogP contribution in [0.25, 0.3) is 0 Å². The normalized spacial score (nSPS) is 21.5. The molecule has 1 saturated heterocycles. The third-order valence-electron chi connectivity index (χ3n) is 3.50. The zero-order valence-electron chi connectivity index (χ0n) is 10.9. The maximum Gasteiger partial charge on any atom is 0.0547 e. The molecule has 0 saturated carbocycles. The predicted molar refractivity (Wildman–Crippen MR) is 70.9 cm³/mol. The largest absolute Gasteiger partial charge is 0.315 e. The predicted octanol–water partition coefficient (Wildman–Crippen LogP) is 1.96. The van der Waals surface area contributed by atoms with Crippen LogP contribution in [0.3, 0.4) is 0 Å². The van der Waals surface area contributed by atoms with Crippen molar-refractivity contribution in [3.63, 3.8) is 0 Å². The van der Waals surface area contributed by atoms with Gasteiger partial charge in [0.1, 0.15) is 0 Å². The molecule has 1 N–H and O–H groups in total. The van der Waals surface area contributed by atoms with Gasteiger partial charge in [0.15, 0.2) is 0 Å². The van der Waals surface area contributed by atoms with Crippen molar-refractivity contribution in [1.29, 1.82) is 0 Å². The molecule has 3 heteroatoms. The minimum atomic E-state index is 0.653. The fourth-order valence-electron chi connectivity index (χ4n) is 2.45. The van der Waals surface area contributed by atoms with Crippen LogP contribution in [0, 0.1) is 6.92 Å². The number of aryl methyl sites for hydroxylation is 1. The van der Waals surface area contributed by atoms with E-state index < -0.39 is 0 Å². The lowest BCUT2D eigenvalue weighted by molar-refractivity contribution is 0.220. The molecular formula is C14H23N3. The Labute approximate surface area is 104 Å². The van der Waals surface area contributed by atoms with Crippen molar-refractivity contribution >= 4 is 0 Å². The van der Waals surface area contributed by atoms with Crippen molar-refractivity contribution in [2.75, 3.05) is 20.1 Å². The first-order valence-electron chi connectivity index (χ1n) is 6.59. The minimum absolute atomic E-state index is 0.653. The van der Waals surface area contributed by atoms with Crippen molar-refractivity contribution in [2.45, 2.75) is 38.8 Å². The summed E-state index contributed by atoms with van der Waals surface area (Å²) in [6.45, 7) is 5.29. The van der Waals surface area contributed by atoms with E-state index in [-0.39, 0.29) is 0 Å². The van der Waals surface area contributed by atoms with Gasteiger partial charge in [0.05, 0.1) is 5.69 Å². The summed E-state index contributed by atoms with van der Waals surface area (Å²) in [6.07, 6.45) is 3.95. The molecule has 1 aromatic rings. The van der Waals surface area contributed by atoms with E-state index in [0.29, 0.717) is 6.04 Å². The molecule has 1 atom stereocenters. The first-order valence-corrected chi connectivity index (χ1v) is 6.59. The lowest BCUT2D eigenvalue weighted by Crippen LogP contribution is -2.38. The molecule has 17 heavy (non-hydrogen) atoms. The van der Waals surface area contributed by atoms with E-state index in [1.165, 1.54) is 31.5 Å². The van der Waals surface area contributed by atoms with E-state index in [1.807, 2.05) is 0 Å². The topological polar surface area (TPSA) is 28.2 Å². The highest BCUT2D eigenvalue weighted by Crippen LogP contribution is 2.12. The average molecular weight is 233 g/mol. The highest BCUT2D eigenvalue weighted by Gasteiger charge is 2.16. The number of hydrogen-bond acceptors (Lipinski definition) is 3. The number of likely N-dealkylation sites (N-methyl/N-ethyl adjacent to an activating group) is 1. The summed E-state index contributed by atoms with van der Waals surface area (Å²) < 4.78 is 0. The lowest BCUT2D eigenvalue weighted by Gasteiger charge is -2.26. The third-order valence-corrected chi connectivity index (χ3v) is 3.50. The molecule has 0 amide bonds. The minimum Gasteiger partial charge on any atom is -0.315 e. The Morgan fingerprint density at radius 1 is 1.41 bits per heavy atom. The summed E-state index contributed by atoms with van der Waals surface area (Å²) in [6, 6.07) is 6.92. The van der Waals surface area contributed by atoms with E-state index >= 15 is 0 Å². The molecule has 1 unspecified atom stereocenters. The Hall–Kier alpha value is -0.930. The van der Waals surface area contributed by atoms with E-state index in [0.717, 1.165) is 18.8 Å². The SMILES string of the molecule is Cc1cccc(CN(C)C2CCCCNC2)n1. The van der Waals surface area contributed by atoms with Crippen LogP contribution in [0.15, 0.2) is 18.2 Å². The van der Waals surface area contributed by atoms with Crippen molar-refractivity contribution in [1.82, 2.24) is 15.2 Å². The Morgan fingerprint density at radius 3 is 3.12 bits per heavy atom. The molecule has 0 aliphatic carbocycles. The quantitative estimate of drug-likeness (QED) is 0.865. The molecule has 1 aliphatic rings. The molecule has 0 spiro atoms. The van der Waals surface area contributed by atoms with E-state index in [1.54, 1.807) is 0 Å². The summed E-state index contributed by atoms with van der Waals surface area (Å²) in [4.78, 5) is 7.00. The smallest absolute Gasteiger partial charge is 0.0547 e. The average Bonchev–Trinajstić information content (AvgIpc) is 2.57. The molecule has 3 nitrogen and oxygen atoms in total. The summed E-state index contributed by atoms with van der Waals surface area (Å²) in [5.74, 6) is 0. The Morgan fingerprint density at radius 2 is 2.29 bits per heavy atom. The van der Waals surface area contributed by atoms with Crippen molar-refractivity contribution < 1.29 is 0 Å². The highest BCUT2D eigenvalue weighted by atomic mass is 15.2. The van der Waals surface area contributed by atoms with Crippen molar-refractivity contribution in [3.8, 4) is 0 Å². The second-order valence-electron chi connectivity index (χ2n) is 5.04. The molecule has 94 valence electrons. The van der Waals surface area contributed by atoms with Crippen molar-refractivity contribution in [2.24, 2.45) is 0 Å². The monoisotopic (exact) mass is 233 g/mol. The zero-order valence-corrected chi connectivity index (χ0v) is 10.9. The number of nitrogens with zero attached hydrogens (tertiary/aromatic N) is 2. The maximum absolute atomic E-state index is 4.57. The Bertz CT molecular complexity index is 343. The second-order valence-corrected chi connectivity index (χ2v) is 5.04. The zero-order chi connectivity index (χ0) is 12.1. The van der Waals surface area contributed by atoms with Crippen LogP contribution in [-0.4, -0.2) is 36.1 Å². The van der Waals surface area contributed by atoms with E-state index in [9.17, 15) is 0 Å². The van der Waals surface area contributed by atoms with Crippen LogP contribution in [-0.2, 0) is 6.54 Å². The molecular weight excluding hydrogens is 210 g/mol. The van der Waals surface area contributed by atoms with Gasteiger partial charge in [0, 0.05) is 24.8 Å². The van der Waals surface area contributed by atoms with E-state index in [4.69, 9.17) is 0 Å². The molecule has 2 heterocycles. The summed E-state index contributed by atoms with van der Waals surface area (Å²) in [7, 11) is 2.21. The molecule has 0 radical (unpaired) electrons. The van der Waals surface area contributed by atoms with Gasteiger partial charge in [0.25, 0.3) is 0 Å². The van der Waals surface area contributed by atoms with Gasteiger partial charge in [-0.25, -0.2) is 0 Å². The number of pyridine rings is 1. The number of aromatic nitrogens is 1. The summed E-state index contributed by atoms with van der Waals surface area (Å²) in [5, 5.41) is 3.51. The van der Waals surface area contributed by atoms with Gasteiger partial charge in [-0.15, -0.1) is 0 Å². The fourth-order valence-corrected chi connectivity index (χ4v) is 2.45. The lowest BCUT2D eigenvalue weighted by atomic mass is 10.1. The molecule has 1 aliphatic heterocycles. The maximum atomic E-state index is 4.57. The van der Waals surface area contributed by atoms with Gasteiger partial charge in [-0.1, -0.05) is 12.5 Å². The van der Waals surface area contributed by atoms with Crippen LogP contribution in [0.1, 0.15) is 30.7 Å². The Balaban J connectivity index is 1.93. The second kappa shape index (κ2) is 6.12. The van der Waals surface area contributed by atoms with Crippen LogP contribution in [0.4, 0.5) is 0 Å². The van der Waals surface area contributed by atoms with E-state index in [2.05, 4.69) is 47.4 Å². The van der Waals surface area contributed by atoms with Crippen molar-refractivity contribution in [3.05, 3.63) is 29.6 Å². The van der Waals surface area contributed by atoms with Crippen LogP contribution in [0.2, 0.25) is 0 Å². The Kier molecular flexibility index (Phi) is 4.51. The standard InChI is InChI=1S/C14H23N3/c1-12-6-5-7-13(16-12)11-17(2)14-8-3-4-9-15-10-14/h5-7,14-15H,3-4,8-11H2,1-2H3. The first-order chi connectivity index (χ1) is 8.25. The highest BCUT2D eigenvalue weighted by molar-refractivity contribution is 5.09. The molecule has 0 bridgehead atoms.